The zero-order valence-electron chi connectivity index (χ0n) is 20.9. The van der Waals surface area contributed by atoms with Crippen LogP contribution < -0.4 is 26.4 Å². The molecule has 3 heterocycles. The molecule has 0 unspecified atom stereocenters. The second-order valence-electron chi connectivity index (χ2n) is 8.79. The van der Waals surface area contributed by atoms with Crippen molar-refractivity contribution in [2.45, 2.75) is 13.0 Å². The average Bonchev–Trinajstić information content (AvgIpc) is 3.17. The molecule has 0 atom stereocenters. The van der Waals surface area contributed by atoms with Crippen molar-refractivity contribution < 1.29 is 19.1 Å². The van der Waals surface area contributed by atoms with Gasteiger partial charge in [-0.15, -0.1) is 0 Å². The highest BCUT2D eigenvalue weighted by molar-refractivity contribution is 6.03. The van der Waals surface area contributed by atoms with E-state index in [2.05, 4.69) is 30.9 Å². The van der Waals surface area contributed by atoms with Gasteiger partial charge in [-0.3, -0.25) is 9.59 Å². The number of benzene rings is 2. The van der Waals surface area contributed by atoms with E-state index in [1.807, 2.05) is 36.4 Å². The number of pyridine rings is 1. The number of nitrogens with two attached hydrogens (primary N) is 1. The van der Waals surface area contributed by atoms with Crippen LogP contribution in [0.1, 0.15) is 22.5 Å². The predicted molar refractivity (Wildman–Crippen MR) is 145 cm³/mol. The molecule has 0 bridgehead atoms. The molecule has 1 fully saturated rings. The molecule has 39 heavy (non-hydrogen) atoms. The number of ether oxygens (including phenoxy) is 1. The molecule has 1 aliphatic rings. The number of carbonyl (C=O) groups excluding carboxylic acids is 3. The molecule has 2 aromatic carbocycles. The first kappa shape index (κ1) is 25.4. The fourth-order valence-electron chi connectivity index (χ4n) is 4.20. The summed E-state index contributed by atoms with van der Waals surface area (Å²) in [6.45, 7) is 1.46. The van der Waals surface area contributed by atoms with Crippen LogP contribution >= 0.6 is 0 Å². The van der Waals surface area contributed by atoms with Gasteiger partial charge in [0, 0.05) is 43.0 Å². The van der Waals surface area contributed by atoms with Crippen LogP contribution in [0.15, 0.2) is 67.1 Å². The van der Waals surface area contributed by atoms with Crippen molar-refractivity contribution in [2.24, 2.45) is 5.73 Å². The Kier molecular flexibility index (Phi) is 7.44. The lowest BCUT2D eigenvalue weighted by Crippen LogP contribution is -2.34. The smallest absolute Gasteiger partial charge is 0.316 e. The van der Waals surface area contributed by atoms with Crippen LogP contribution in [-0.4, -0.2) is 57.3 Å². The highest BCUT2D eigenvalue weighted by Crippen LogP contribution is 2.32. The van der Waals surface area contributed by atoms with Crippen molar-refractivity contribution in [2.75, 3.05) is 30.3 Å². The maximum absolute atomic E-state index is 12.7. The Morgan fingerprint density at radius 3 is 2.64 bits per heavy atom. The van der Waals surface area contributed by atoms with E-state index in [9.17, 15) is 14.4 Å². The van der Waals surface area contributed by atoms with Crippen LogP contribution in [0.5, 0.6) is 5.75 Å². The zero-order chi connectivity index (χ0) is 27.2. The molecule has 0 saturated carbocycles. The summed E-state index contributed by atoms with van der Waals surface area (Å²) in [6, 6.07) is 14.1. The van der Waals surface area contributed by atoms with E-state index < -0.39 is 6.03 Å². The molecule has 0 aliphatic carbocycles. The standard InChI is InChI=1S/C27H26N8O4/c28-27(38)33-20-5-6-22(19-4-2-1-3-18(19)20)39-16-17-7-9-29-23(13-17)34-24-15-31-21(14-32-24)26(37)35-11-8-25(36)30-10-12-35/h1-7,9,13-15H,8,10-12,16H2,(H,30,36)(H3,28,33,38)(H,29,32,34). The molecule has 2 aromatic heterocycles. The number of amides is 4. The van der Waals surface area contributed by atoms with E-state index in [0.29, 0.717) is 42.7 Å². The van der Waals surface area contributed by atoms with E-state index in [0.717, 1.165) is 16.3 Å². The molecule has 4 aromatic rings. The first-order valence-corrected chi connectivity index (χ1v) is 12.3. The molecule has 5 N–H and O–H groups in total. The highest BCUT2D eigenvalue weighted by Gasteiger charge is 2.21. The first-order valence-electron chi connectivity index (χ1n) is 12.3. The highest BCUT2D eigenvalue weighted by atomic mass is 16.5. The van der Waals surface area contributed by atoms with Crippen LogP contribution in [0.4, 0.5) is 22.1 Å². The van der Waals surface area contributed by atoms with Crippen molar-refractivity contribution in [3.63, 3.8) is 0 Å². The number of nitrogens with zero attached hydrogens (tertiary/aromatic N) is 4. The van der Waals surface area contributed by atoms with Gasteiger partial charge in [0.25, 0.3) is 5.91 Å². The van der Waals surface area contributed by atoms with Crippen LogP contribution in [-0.2, 0) is 11.4 Å². The Bertz CT molecular complexity index is 1530. The molecule has 0 radical (unpaired) electrons. The summed E-state index contributed by atoms with van der Waals surface area (Å²) in [5.74, 6) is 1.28. The fraction of sp³-hybridized carbons (Fsp3) is 0.185. The fourth-order valence-corrected chi connectivity index (χ4v) is 4.20. The molecular formula is C27H26N8O4. The number of hydrogen-bond acceptors (Lipinski definition) is 8. The largest absolute Gasteiger partial charge is 0.488 e. The summed E-state index contributed by atoms with van der Waals surface area (Å²) >= 11 is 0. The molecule has 1 saturated heterocycles. The number of aromatic nitrogens is 3. The van der Waals surface area contributed by atoms with Gasteiger partial charge in [-0.2, -0.15) is 0 Å². The van der Waals surface area contributed by atoms with Gasteiger partial charge in [-0.05, 0) is 29.8 Å². The van der Waals surface area contributed by atoms with Gasteiger partial charge in [0.1, 0.15) is 29.7 Å². The Morgan fingerprint density at radius 1 is 1.00 bits per heavy atom. The van der Waals surface area contributed by atoms with Crippen molar-refractivity contribution in [1.29, 1.82) is 0 Å². The van der Waals surface area contributed by atoms with Crippen LogP contribution in [0.2, 0.25) is 0 Å². The third-order valence-electron chi connectivity index (χ3n) is 6.09. The summed E-state index contributed by atoms with van der Waals surface area (Å²) in [6.07, 6.45) is 4.78. The molecule has 4 amide bonds. The number of rotatable bonds is 7. The summed E-state index contributed by atoms with van der Waals surface area (Å²) < 4.78 is 6.09. The minimum Gasteiger partial charge on any atom is -0.488 e. The van der Waals surface area contributed by atoms with Gasteiger partial charge in [-0.1, -0.05) is 24.3 Å². The predicted octanol–water partition coefficient (Wildman–Crippen LogP) is 2.80. The number of fused-ring (bicyclic) bond motifs is 1. The normalized spacial score (nSPS) is 13.3. The molecule has 5 rings (SSSR count). The van der Waals surface area contributed by atoms with Crippen LogP contribution in [0.3, 0.4) is 0 Å². The van der Waals surface area contributed by atoms with Crippen molar-refractivity contribution in [3.8, 4) is 5.75 Å². The Balaban J connectivity index is 1.23. The van der Waals surface area contributed by atoms with E-state index >= 15 is 0 Å². The summed E-state index contributed by atoms with van der Waals surface area (Å²) in [5.41, 5.74) is 6.96. The van der Waals surface area contributed by atoms with Crippen LogP contribution in [0.25, 0.3) is 10.8 Å². The van der Waals surface area contributed by atoms with Gasteiger partial charge >= 0.3 is 6.03 Å². The maximum atomic E-state index is 12.7. The lowest BCUT2D eigenvalue weighted by Gasteiger charge is -2.18. The second-order valence-corrected chi connectivity index (χ2v) is 8.79. The average molecular weight is 527 g/mol. The number of primary amides is 1. The summed E-state index contributed by atoms with van der Waals surface area (Å²) in [5, 5.41) is 10.1. The lowest BCUT2D eigenvalue weighted by atomic mass is 10.1. The van der Waals surface area contributed by atoms with E-state index in [1.165, 1.54) is 12.4 Å². The quantitative estimate of drug-likeness (QED) is 0.285. The second kappa shape index (κ2) is 11.4. The van der Waals surface area contributed by atoms with Crippen molar-refractivity contribution >= 4 is 45.9 Å². The monoisotopic (exact) mass is 526 g/mol. The summed E-state index contributed by atoms with van der Waals surface area (Å²) in [7, 11) is 0. The van der Waals surface area contributed by atoms with Gasteiger partial charge in [0.15, 0.2) is 0 Å². The van der Waals surface area contributed by atoms with Crippen molar-refractivity contribution in [1.82, 2.24) is 25.2 Å². The molecule has 0 spiro atoms. The minimum atomic E-state index is -0.635. The molecule has 198 valence electrons. The maximum Gasteiger partial charge on any atom is 0.316 e. The topological polar surface area (TPSA) is 164 Å². The zero-order valence-corrected chi connectivity index (χ0v) is 20.9. The molecular weight excluding hydrogens is 500 g/mol. The Labute approximate surface area is 223 Å². The lowest BCUT2D eigenvalue weighted by molar-refractivity contribution is -0.120. The Morgan fingerprint density at radius 2 is 1.85 bits per heavy atom. The minimum absolute atomic E-state index is 0.0696. The van der Waals surface area contributed by atoms with E-state index in [1.54, 1.807) is 23.2 Å². The molecule has 12 heteroatoms. The summed E-state index contributed by atoms with van der Waals surface area (Å²) in [4.78, 5) is 50.0. The first-order chi connectivity index (χ1) is 19.0. The third kappa shape index (κ3) is 6.18. The van der Waals surface area contributed by atoms with E-state index in [4.69, 9.17) is 10.5 Å². The number of carbonyl (C=O) groups is 3. The van der Waals surface area contributed by atoms with Gasteiger partial charge in [0.2, 0.25) is 5.91 Å². The number of urea groups is 1. The van der Waals surface area contributed by atoms with Crippen molar-refractivity contribution in [3.05, 3.63) is 78.4 Å². The van der Waals surface area contributed by atoms with Gasteiger partial charge in [-0.25, -0.2) is 19.7 Å². The molecule has 1 aliphatic heterocycles. The molecule has 12 nitrogen and oxygen atoms in total. The Hall–Kier alpha value is -5.26. The van der Waals surface area contributed by atoms with E-state index in [-0.39, 0.29) is 30.5 Å². The number of anilines is 3. The van der Waals surface area contributed by atoms with Crippen LogP contribution in [0, 0.1) is 0 Å². The van der Waals surface area contributed by atoms with Gasteiger partial charge < -0.3 is 31.3 Å². The third-order valence-corrected chi connectivity index (χ3v) is 6.09. The number of hydrogen-bond donors (Lipinski definition) is 4. The van der Waals surface area contributed by atoms with Gasteiger partial charge in [0.05, 0.1) is 18.1 Å². The SMILES string of the molecule is NC(=O)Nc1ccc(OCc2ccnc(Nc3cnc(C(=O)N4CCNC(=O)CC4)cn3)c2)c2ccccc12. The number of nitrogens with one attached hydrogen (secondary N) is 3.